The lowest BCUT2D eigenvalue weighted by Crippen LogP contribution is -2.36. The van der Waals surface area contributed by atoms with Gasteiger partial charge in [0.05, 0.1) is 11.7 Å². The van der Waals surface area contributed by atoms with Crippen molar-refractivity contribution in [1.29, 1.82) is 0 Å². The lowest BCUT2D eigenvalue weighted by molar-refractivity contribution is 0.0886. The summed E-state index contributed by atoms with van der Waals surface area (Å²) < 4.78 is 0.882. The molecule has 0 aliphatic heterocycles. The smallest absolute Gasteiger partial charge is 0.0772 e. The second-order valence-electron chi connectivity index (χ2n) is 5.05. The maximum Gasteiger partial charge on any atom is 0.0772 e. The van der Waals surface area contributed by atoms with Crippen molar-refractivity contribution in [2.24, 2.45) is 0 Å². The largest absolute Gasteiger partial charge is 0.389 e. The fourth-order valence-corrected chi connectivity index (χ4v) is 2.46. The van der Waals surface area contributed by atoms with Crippen LogP contribution in [0.25, 0.3) is 0 Å². The van der Waals surface area contributed by atoms with Gasteiger partial charge in [-0.1, -0.05) is 22.0 Å². The van der Waals surface area contributed by atoms with Gasteiger partial charge in [0, 0.05) is 23.8 Å². The standard InChI is InChI=1S/C13H20BrNO2/c1-9(16)11-6-5-10(7-12(11)14)15(4)8-13(2,3)17/h5-7,9,16-17H,8H2,1-4H3/t9-/m0/s1. The molecule has 0 bridgehead atoms. The van der Waals surface area contributed by atoms with E-state index in [9.17, 15) is 10.2 Å². The molecule has 0 aliphatic carbocycles. The van der Waals surface area contributed by atoms with Crippen molar-refractivity contribution in [1.82, 2.24) is 0 Å². The number of hydrogen-bond donors (Lipinski definition) is 2. The monoisotopic (exact) mass is 301 g/mol. The highest BCUT2D eigenvalue weighted by atomic mass is 79.9. The molecule has 96 valence electrons. The molecule has 17 heavy (non-hydrogen) atoms. The molecule has 0 unspecified atom stereocenters. The summed E-state index contributed by atoms with van der Waals surface area (Å²) in [6.45, 7) is 5.85. The first kappa shape index (κ1) is 14.5. The molecule has 1 aromatic rings. The van der Waals surface area contributed by atoms with Crippen LogP contribution < -0.4 is 4.90 Å². The molecular formula is C13H20BrNO2. The Balaban J connectivity index is 2.90. The molecule has 0 aromatic heterocycles. The predicted molar refractivity (Wildman–Crippen MR) is 74.3 cm³/mol. The number of aliphatic hydroxyl groups is 2. The van der Waals surface area contributed by atoms with Gasteiger partial charge < -0.3 is 15.1 Å². The summed E-state index contributed by atoms with van der Waals surface area (Å²) in [5.41, 5.74) is 1.14. The van der Waals surface area contributed by atoms with E-state index >= 15 is 0 Å². The molecule has 3 nitrogen and oxygen atoms in total. The van der Waals surface area contributed by atoms with E-state index in [1.54, 1.807) is 20.8 Å². The van der Waals surface area contributed by atoms with Crippen LogP contribution >= 0.6 is 15.9 Å². The van der Waals surface area contributed by atoms with E-state index in [1.165, 1.54) is 0 Å². The van der Waals surface area contributed by atoms with E-state index in [1.807, 2.05) is 30.1 Å². The molecule has 0 spiro atoms. The first-order valence-corrected chi connectivity index (χ1v) is 6.41. The van der Waals surface area contributed by atoms with E-state index in [2.05, 4.69) is 15.9 Å². The van der Waals surface area contributed by atoms with Gasteiger partial charge in [0.1, 0.15) is 0 Å². The van der Waals surface area contributed by atoms with Crippen molar-refractivity contribution in [2.75, 3.05) is 18.5 Å². The first-order chi connectivity index (χ1) is 7.70. The minimum Gasteiger partial charge on any atom is -0.389 e. The number of halogens is 1. The first-order valence-electron chi connectivity index (χ1n) is 5.62. The van der Waals surface area contributed by atoms with Crippen molar-refractivity contribution < 1.29 is 10.2 Å². The highest BCUT2D eigenvalue weighted by molar-refractivity contribution is 9.10. The van der Waals surface area contributed by atoms with Crippen LogP contribution in [0.15, 0.2) is 22.7 Å². The highest BCUT2D eigenvalue weighted by Gasteiger charge is 2.16. The third-order valence-electron chi connectivity index (χ3n) is 2.50. The molecule has 0 amide bonds. The van der Waals surface area contributed by atoms with Gasteiger partial charge in [-0.05, 0) is 38.5 Å². The van der Waals surface area contributed by atoms with Crippen molar-refractivity contribution >= 4 is 21.6 Å². The zero-order valence-electron chi connectivity index (χ0n) is 10.7. The van der Waals surface area contributed by atoms with E-state index < -0.39 is 11.7 Å². The normalized spacial score (nSPS) is 13.6. The SMILES string of the molecule is C[C@H](O)c1ccc(N(C)CC(C)(C)O)cc1Br. The number of rotatable bonds is 4. The second-order valence-corrected chi connectivity index (χ2v) is 5.90. The maximum atomic E-state index is 9.77. The van der Waals surface area contributed by atoms with E-state index in [-0.39, 0.29) is 0 Å². The maximum absolute atomic E-state index is 9.77. The third-order valence-corrected chi connectivity index (χ3v) is 3.19. The molecule has 0 fully saturated rings. The number of likely N-dealkylation sites (N-methyl/N-ethyl adjacent to an activating group) is 1. The Morgan fingerprint density at radius 2 is 2.00 bits per heavy atom. The Morgan fingerprint density at radius 3 is 2.41 bits per heavy atom. The molecule has 1 rings (SSSR count). The number of aliphatic hydroxyl groups excluding tert-OH is 1. The Hall–Kier alpha value is -0.580. The minimum atomic E-state index is -0.732. The lowest BCUT2D eigenvalue weighted by atomic mass is 10.1. The molecule has 1 atom stereocenters. The fourth-order valence-electron chi connectivity index (χ4n) is 1.76. The van der Waals surface area contributed by atoms with Crippen LogP contribution in [0, 0.1) is 0 Å². The predicted octanol–water partition coefficient (Wildman–Crippen LogP) is 2.71. The van der Waals surface area contributed by atoms with Gasteiger partial charge in [-0.15, -0.1) is 0 Å². The minimum absolute atomic E-state index is 0.488. The van der Waals surface area contributed by atoms with Crippen molar-refractivity contribution in [3.8, 4) is 0 Å². The Labute approximate surface area is 111 Å². The van der Waals surface area contributed by atoms with Crippen LogP contribution in [0.5, 0.6) is 0 Å². The molecule has 0 saturated carbocycles. The number of nitrogens with zero attached hydrogens (tertiary/aromatic N) is 1. The molecule has 0 radical (unpaired) electrons. The molecule has 2 N–H and O–H groups in total. The Kier molecular flexibility index (Phi) is 4.58. The van der Waals surface area contributed by atoms with E-state index in [4.69, 9.17) is 0 Å². The zero-order valence-corrected chi connectivity index (χ0v) is 12.3. The number of benzene rings is 1. The van der Waals surface area contributed by atoms with Gasteiger partial charge in [0.2, 0.25) is 0 Å². The summed E-state index contributed by atoms with van der Waals surface area (Å²) in [7, 11) is 1.93. The third kappa shape index (κ3) is 4.30. The van der Waals surface area contributed by atoms with E-state index in [0.29, 0.717) is 6.54 Å². The summed E-state index contributed by atoms with van der Waals surface area (Å²) in [5, 5.41) is 19.3. The van der Waals surface area contributed by atoms with Gasteiger partial charge >= 0.3 is 0 Å². The van der Waals surface area contributed by atoms with Gasteiger partial charge in [0.15, 0.2) is 0 Å². The number of anilines is 1. The summed E-state index contributed by atoms with van der Waals surface area (Å²) in [4.78, 5) is 1.98. The zero-order chi connectivity index (χ0) is 13.2. The molecule has 1 aromatic carbocycles. The van der Waals surface area contributed by atoms with Crippen LogP contribution in [-0.4, -0.2) is 29.4 Å². The van der Waals surface area contributed by atoms with Gasteiger partial charge in [0.25, 0.3) is 0 Å². The van der Waals surface area contributed by atoms with Crippen LogP contribution in [0.3, 0.4) is 0 Å². The topological polar surface area (TPSA) is 43.7 Å². The lowest BCUT2D eigenvalue weighted by Gasteiger charge is -2.27. The Morgan fingerprint density at radius 1 is 1.41 bits per heavy atom. The average Bonchev–Trinajstić information content (AvgIpc) is 2.14. The molecule has 4 heteroatoms. The van der Waals surface area contributed by atoms with E-state index in [0.717, 1.165) is 15.7 Å². The molecule has 0 aliphatic rings. The quantitative estimate of drug-likeness (QED) is 0.899. The summed E-state index contributed by atoms with van der Waals surface area (Å²) >= 11 is 3.45. The van der Waals surface area contributed by atoms with Gasteiger partial charge in [-0.2, -0.15) is 0 Å². The molecule has 0 saturated heterocycles. The van der Waals surface area contributed by atoms with Gasteiger partial charge in [-0.25, -0.2) is 0 Å². The summed E-state index contributed by atoms with van der Waals surface area (Å²) in [6.07, 6.45) is -0.488. The van der Waals surface area contributed by atoms with Crippen molar-refractivity contribution in [2.45, 2.75) is 32.5 Å². The van der Waals surface area contributed by atoms with Crippen LogP contribution in [0.4, 0.5) is 5.69 Å². The second kappa shape index (κ2) is 5.38. The molecular weight excluding hydrogens is 282 g/mol. The van der Waals surface area contributed by atoms with Crippen molar-refractivity contribution in [3.05, 3.63) is 28.2 Å². The number of hydrogen-bond acceptors (Lipinski definition) is 3. The summed E-state index contributed by atoms with van der Waals surface area (Å²) in [5.74, 6) is 0. The van der Waals surface area contributed by atoms with Crippen LogP contribution in [0.1, 0.15) is 32.4 Å². The van der Waals surface area contributed by atoms with Crippen LogP contribution in [-0.2, 0) is 0 Å². The summed E-state index contributed by atoms with van der Waals surface area (Å²) in [6, 6.07) is 5.79. The molecule has 0 heterocycles. The fraction of sp³-hybridized carbons (Fsp3) is 0.538. The highest BCUT2D eigenvalue weighted by Crippen LogP contribution is 2.28. The average molecular weight is 302 g/mol. The van der Waals surface area contributed by atoms with Crippen molar-refractivity contribution in [3.63, 3.8) is 0 Å². The van der Waals surface area contributed by atoms with Crippen LogP contribution in [0.2, 0.25) is 0 Å². The Bertz CT molecular complexity index is 385. The van der Waals surface area contributed by atoms with Gasteiger partial charge in [-0.3, -0.25) is 0 Å².